The molecule has 0 saturated carbocycles. The van der Waals surface area contributed by atoms with E-state index in [9.17, 15) is 8.42 Å². The van der Waals surface area contributed by atoms with Crippen molar-refractivity contribution in [2.24, 2.45) is 0 Å². The zero-order chi connectivity index (χ0) is 6.04. The largest absolute Gasteiger partial charge is 0.492 e. The van der Waals surface area contributed by atoms with E-state index in [-0.39, 0.29) is 5.75 Å². The van der Waals surface area contributed by atoms with E-state index in [0.29, 0.717) is 0 Å². The third-order valence-electron chi connectivity index (χ3n) is 0.738. The van der Waals surface area contributed by atoms with Gasteiger partial charge in [-0.3, -0.25) is 0 Å². The predicted octanol–water partition coefficient (Wildman–Crippen LogP) is 0.0644. The number of ether oxygens (including phenoxy) is 1. The van der Waals surface area contributed by atoms with E-state index in [1.165, 1.54) is 6.61 Å². The minimum atomic E-state index is -2.94. The molecule has 0 amide bonds. The molecule has 4 heteroatoms. The standard InChI is InChI=1S/C4H5O3S/c5-8(6)3-1-7-2-4-8/h1-3H,4H2. The maximum Gasteiger partial charge on any atom is 0.178 e. The summed E-state index contributed by atoms with van der Waals surface area (Å²) in [6.07, 6.45) is 1.15. The van der Waals surface area contributed by atoms with Gasteiger partial charge in [-0.05, 0) is 0 Å². The molecule has 1 aliphatic heterocycles. The van der Waals surface area contributed by atoms with Gasteiger partial charge in [0.1, 0.15) is 6.61 Å². The van der Waals surface area contributed by atoms with Crippen molar-refractivity contribution in [2.45, 2.75) is 0 Å². The molecule has 0 aliphatic carbocycles. The van der Waals surface area contributed by atoms with Crippen molar-refractivity contribution in [3.63, 3.8) is 0 Å². The lowest BCUT2D eigenvalue weighted by molar-refractivity contribution is 0.338. The van der Waals surface area contributed by atoms with E-state index in [0.717, 1.165) is 11.7 Å². The summed E-state index contributed by atoms with van der Waals surface area (Å²) in [5.74, 6) is -0.0104. The van der Waals surface area contributed by atoms with E-state index < -0.39 is 9.84 Å². The van der Waals surface area contributed by atoms with Gasteiger partial charge in [0.25, 0.3) is 0 Å². The molecule has 0 spiro atoms. The summed E-state index contributed by atoms with van der Waals surface area (Å²) in [6, 6.07) is 0. The molecular formula is C4H5O3S. The van der Waals surface area contributed by atoms with Crippen LogP contribution in [0.1, 0.15) is 0 Å². The van der Waals surface area contributed by atoms with Gasteiger partial charge in [-0.1, -0.05) is 0 Å². The molecule has 1 radical (unpaired) electrons. The molecule has 0 fully saturated rings. The smallest absolute Gasteiger partial charge is 0.178 e. The predicted molar refractivity (Wildman–Crippen MR) is 28.3 cm³/mol. The highest BCUT2D eigenvalue weighted by Gasteiger charge is 2.09. The van der Waals surface area contributed by atoms with Gasteiger partial charge < -0.3 is 4.74 Å². The van der Waals surface area contributed by atoms with Crippen molar-refractivity contribution in [1.29, 1.82) is 0 Å². The van der Waals surface area contributed by atoms with E-state index in [1.54, 1.807) is 0 Å². The molecule has 0 saturated heterocycles. The van der Waals surface area contributed by atoms with Crippen LogP contribution in [0.4, 0.5) is 0 Å². The second-order valence-electron chi connectivity index (χ2n) is 1.40. The highest BCUT2D eigenvalue weighted by Crippen LogP contribution is 2.02. The van der Waals surface area contributed by atoms with Gasteiger partial charge in [0, 0.05) is 0 Å². The van der Waals surface area contributed by atoms with Crippen LogP contribution in [0.15, 0.2) is 11.7 Å². The van der Waals surface area contributed by atoms with Crippen LogP contribution in [0.25, 0.3) is 0 Å². The summed E-state index contributed by atoms with van der Waals surface area (Å²) in [7, 11) is -2.94. The van der Waals surface area contributed by atoms with E-state index >= 15 is 0 Å². The van der Waals surface area contributed by atoms with Gasteiger partial charge in [0.2, 0.25) is 0 Å². The summed E-state index contributed by atoms with van der Waals surface area (Å²) >= 11 is 0. The normalized spacial score (nSPS) is 24.5. The number of rotatable bonds is 0. The highest BCUT2D eigenvalue weighted by molar-refractivity contribution is 7.94. The first-order chi connectivity index (χ1) is 3.71. The Bertz CT molecular complexity index is 189. The van der Waals surface area contributed by atoms with Gasteiger partial charge >= 0.3 is 0 Å². The third kappa shape index (κ3) is 1.23. The molecule has 0 bridgehead atoms. The van der Waals surface area contributed by atoms with Gasteiger partial charge in [-0.15, -0.1) is 0 Å². The van der Waals surface area contributed by atoms with Crippen LogP contribution in [0, 0.1) is 6.61 Å². The first kappa shape index (κ1) is 5.62. The highest BCUT2D eigenvalue weighted by atomic mass is 32.2. The summed E-state index contributed by atoms with van der Waals surface area (Å²) in [5, 5.41) is 1.05. The minimum Gasteiger partial charge on any atom is -0.492 e. The van der Waals surface area contributed by atoms with Gasteiger partial charge in [-0.25, -0.2) is 8.42 Å². The van der Waals surface area contributed by atoms with E-state index in [1.807, 2.05) is 0 Å². The average molecular weight is 133 g/mol. The Morgan fingerprint density at radius 1 is 1.50 bits per heavy atom. The molecule has 0 aromatic rings. The van der Waals surface area contributed by atoms with Crippen molar-refractivity contribution in [3.8, 4) is 0 Å². The SMILES string of the molecule is O=S1(=O)C=CO[CH]C1. The lowest BCUT2D eigenvalue weighted by Crippen LogP contribution is -2.07. The lowest BCUT2D eigenvalue weighted by Gasteiger charge is -2.02. The maximum absolute atomic E-state index is 10.5. The second kappa shape index (κ2) is 1.78. The topological polar surface area (TPSA) is 43.4 Å². The van der Waals surface area contributed by atoms with Gasteiger partial charge in [0.15, 0.2) is 9.84 Å². The van der Waals surface area contributed by atoms with Crippen LogP contribution in [-0.2, 0) is 14.6 Å². The molecule has 0 aromatic heterocycles. The molecule has 0 aromatic carbocycles. The van der Waals surface area contributed by atoms with Crippen LogP contribution in [0.5, 0.6) is 0 Å². The van der Waals surface area contributed by atoms with E-state index in [2.05, 4.69) is 4.74 Å². The van der Waals surface area contributed by atoms with Crippen molar-refractivity contribution >= 4 is 9.84 Å². The van der Waals surface area contributed by atoms with Gasteiger partial charge in [0.05, 0.1) is 17.4 Å². The number of sulfone groups is 1. The fourth-order valence-electron chi connectivity index (χ4n) is 0.362. The Morgan fingerprint density at radius 2 is 2.25 bits per heavy atom. The Hall–Kier alpha value is -0.510. The van der Waals surface area contributed by atoms with Crippen LogP contribution >= 0.6 is 0 Å². The molecule has 8 heavy (non-hydrogen) atoms. The van der Waals surface area contributed by atoms with Crippen molar-refractivity contribution in [3.05, 3.63) is 18.3 Å². The van der Waals surface area contributed by atoms with Crippen molar-refractivity contribution in [2.75, 3.05) is 5.75 Å². The Kier molecular flexibility index (Phi) is 1.25. The first-order valence-corrected chi connectivity index (χ1v) is 3.79. The Balaban J connectivity index is 2.87. The summed E-state index contributed by atoms with van der Waals surface area (Å²) in [6.45, 7) is 1.25. The molecule has 1 rings (SSSR count). The summed E-state index contributed by atoms with van der Waals surface area (Å²) in [5.41, 5.74) is 0. The summed E-state index contributed by atoms with van der Waals surface area (Å²) in [4.78, 5) is 0. The summed E-state index contributed by atoms with van der Waals surface area (Å²) < 4.78 is 25.4. The molecule has 1 heterocycles. The molecule has 3 nitrogen and oxygen atoms in total. The zero-order valence-corrected chi connectivity index (χ0v) is 4.89. The fourth-order valence-corrected chi connectivity index (χ4v) is 0.975. The molecule has 1 aliphatic rings. The van der Waals surface area contributed by atoms with Crippen molar-refractivity contribution in [1.82, 2.24) is 0 Å². The Morgan fingerprint density at radius 3 is 2.50 bits per heavy atom. The van der Waals surface area contributed by atoms with Crippen LogP contribution in [0.2, 0.25) is 0 Å². The zero-order valence-electron chi connectivity index (χ0n) is 4.07. The van der Waals surface area contributed by atoms with E-state index in [4.69, 9.17) is 0 Å². The fraction of sp³-hybridized carbons (Fsp3) is 0.250. The monoisotopic (exact) mass is 133 g/mol. The molecule has 0 atom stereocenters. The molecular weight excluding hydrogens is 128 g/mol. The second-order valence-corrected chi connectivity index (χ2v) is 3.34. The van der Waals surface area contributed by atoms with Gasteiger partial charge in [-0.2, -0.15) is 0 Å². The third-order valence-corrected chi connectivity index (χ3v) is 1.86. The average Bonchev–Trinajstić information content (AvgIpc) is 1.65. The molecule has 0 N–H and O–H groups in total. The van der Waals surface area contributed by atoms with Crippen molar-refractivity contribution < 1.29 is 13.2 Å². The quantitative estimate of drug-likeness (QED) is 0.469. The number of hydrogen-bond donors (Lipinski definition) is 0. The maximum atomic E-state index is 10.5. The number of hydrogen-bond acceptors (Lipinski definition) is 3. The minimum absolute atomic E-state index is 0.0104. The van der Waals surface area contributed by atoms with Crippen LogP contribution < -0.4 is 0 Å². The van der Waals surface area contributed by atoms with Crippen LogP contribution in [-0.4, -0.2) is 14.2 Å². The first-order valence-electron chi connectivity index (χ1n) is 2.07. The Labute approximate surface area is 47.9 Å². The van der Waals surface area contributed by atoms with Crippen LogP contribution in [0.3, 0.4) is 0 Å². The molecule has 0 unspecified atom stereocenters. The molecule has 45 valence electrons. The lowest BCUT2D eigenvalue weighted by atomic mass is 10.8.